The normalized spacial score (nSPS) is 10.9. The molecule has 1 aromatic heterocycles. The number of nitriles is 1. The first-order chi connectivity index (χ1) is 10.8. The van der Waals surface area contributed by atoms with E-state index in [-0.39, 0.29) is 0 Å². The van der Waals surface area contributed by atoms with Crippen LogP contribution in [0.5, 0.6) is 5.75 Å². The molecule has 0 radical (unpaired) electrons. The Morgan fingerprint density at radius 3 is 2.68 bits per heavy atom. The second-order valence-electron chi connectivity index (χ2n) is 4.96. The summed E-state index contributed by atoms with van der Waals surface area (Å²) in [5.41, 5.74) is 2.57. The van der Waals surface area contributed by atoms with Crippen molar-refractivity contribution in [3.8, 4) is 11.8 Å². The first kappa shape index (κ1) is 14.0. The molecular formula is C19H15NO2. The predicted octanol–water partition coefficient (Wildman–Crippen LogP) is 4.57. The number of fused-ring (bicyclic) bond motifs is 1. The van der Waals surface area contributed by atoms with Crippen LogP contribution in [0.4, 0.5) is 0 Å². The highest BCUT2D eigenvalue weighted by Crippen LogP contribution is 2.21. The van der Waals surface area contributed by atoms with E-state index >= 15 is 0 Å². The lowest BCUT2D eigenvalue weighted by Gasteiger charge is -1.98. The van der Waals surface area contributed by atoms with Crippen LogP contribution in [0.25, 0.3) is 17.0 Å². The van der Waals surface area contributed by atoms with Gasteiger partial charge in [0.1, 0.15) is 17.1 Å². The van der Waals surface area contributed by atoms with Gasteiger partial charge in [0.25, 0.3) is 0 Å². The zero-order valence-corrected chi connectivity index (χ0v) is 12.2. The van der Waals surface area contributed by atoms with Crippen LogP contribution in [-0.2, 0) is 6.42 Å². The Morgan fingerprint density at radius 2 is 1.95 bits per heavy atom. The third kappa shape index (κ3) is 3.02. The van der Waals surface area contributed by atoms with Crippen molar-refractivity contribution in [2.24, 2.45) is 0 Å². The number of rotatable bonds is 4. The summed E-state index contributed by atoms with van der Waals surface area (Å²) >= 11 is 0. The molecule has 0 saturated heterocycles. The third-order valence-electron chi connectivity index (χ3n) is 3.44. The van der Waals surface area contributed by atoms with Crippen LogP contribution < -0.4 is 4.74 Å². The smallest absolute Gasteiger partial charge is 0.134 e. The van der Waals surface area contributed by atoms with Crippen LogP contribution in [0.2, 0.25) is 0 Å². The summed E-state index contributed by atoms with van der Waals surface area (Å²) in [6.45, 7) is 0. The Labute approximate surface area is 129 Å². The number of furan rings is 1. The van der Waals surface area contributed by atoms with Gasteiger partial charge in [0.2, 0.25) is 0 Å². The lowest BCUT2D eigenvalue weighted by atomic mass is 10.1. The fourth-order valence-corrected chi connectivity index (χ4v) is 2.29. The molecule has 1 heterocycles. The van der Waals surface area contributed by atoms with E-state index in [0.29, 0.717) is 12.0 Å². The van der Waals surface area contributed by atoms with Gasteiger partial charge in [0.15, 0.2) is 0 Å². The molecule has 2 aromatic carbocycles. The molecule has 0 saturated carbocycles. The molecule has 0 aliphatic carbocycles. The molecule has 22 heavy (non-hydrogen) atoms. The highest BCUT2D eigenvalue weighted by Gasteiger charge is 2.03. The molecule has 3 heteroatoms. The Morgan fingerprint density at radius 1 is 1.14 bits per heavy atom. The van der Waals surface area contributed by atoms with Crippen molar-refractivity contribution in [3.63, 3.8) is 0 Å². The van der Waals surface area contributed by atoms with E-state index in [1.807, 2.05) is 48.5 Å². The number of methoxy groups -OCH3 is 1. The lowest BCUT2D eigenvalue weighted by Crippen LogP contribution is -1.81. The van der Waals surface area contributed by atoms with Gasteiger partial charge in [-0.1, -0.05) is 24.3 Å². The van der Waals surface area contributed by atoms with Crippen LogP contribution in [0.1, 0.15) is 16.9 Å². The second-order valence-corrected chi connectivity index (χ2v) is 4.96. The summed E-state index contributed by atoms with van der Waals surface area (Å²) in [7, 11) is 1.66. The fourth-order valence-electron chi connectivity index (χ4n) is 2.29. The molecule has 0 spiro atoms. The third-order valence-corrected chi connectivity index (χ3v) is 3.44. The predicted molar refractivity (Wildman–Crippen MR) is 86.7 cm³/mol. The summed E-state index contributed by atoms with van der Waals surface area (Å²) in [6, 6.07) is 17.4. The monoisotopic (exact) mass is 289 g/mol. The van der Waals surface area contributed by atoms with Gasteiger partial charge in [0, 0.05) is 11.8 Å². The molecule has 0 unspecified atom stereocenters. The summed E-state index contributed by atoms with van der Waals surface area (Å²) in [4.78, 5) is 0. The maximum absolute atomic E-state index is 8.91. The molecular weight excluding hydrogens is 274 g/mol. The Bertz CT molecular complexity index is 851. The van der Waals surface area contributed by atoms with E-state index < -0.39 is 0 Å². The average Bonchev–Trinajstić information content (AvgIpc) is 2.97. The SMILES string of the molecule is COc1ccc(C=CCc2cc3cc(C#N)ccc3o2)cc1. The molecule has 3 nitrogen and oxygen atoms in total. The van der Waals surface area contributed by atoms with Gasteiger partial charge in [-0.2, -0.15) is 5.26 Å². The number of benzene rings is 2. The van der Waals surface area contributed by atoms with E-state index in [0.717, 1.165) is 28.0 Å². The molecule has 0 N–H and O–H groups in total. The van der Waals surface area contributed by atoms with E-state index in [2.05, 4.69) is 12.1 Å². The van der Waals surface area contributed by atoms with Crippen molar-refractivity contribution in [3.05, 3.63) is 71.5 Å². The van der Waals surface area contributed by atoms with Crippen LogP contribution in [0.3, 0.4) is 0 Å². The number of hydrogen-bond donors (Lipinski definition) is 0. The van der Waals surface area contributed by atoms with Gasteiger partial charge >= 0.3 is 0 Å². The average molecular weight is 289 g/mol. The van der Waals surface area contributed by atoms with Gasteiger partial charge in [-0.25, -0.2) is 0 Å². The van der Waals surface area contributed by atoms with Crippen molar-refractivity contribution in [2.75, 3.05) is 7.11 Å². The first-order valence-corrected chi connectivity index (χ1v) is 7.01. The van der Waals surface area contributed by atoms with Crippen LogP contribution in [0.15, 0.2) is 59.0 Å². The minimum Gasteiger partial charge on any atom is -0.497 e. The molecule has 3 aromatic rings. The molecule has 3 rings (SSSR count). The van der Waals surface area contributed by atoms with Gasteiger partial charge in [-0.15, -0.1) is 0 Å². The highest BCUT2D eigenvalue weighted by atomic mass is 16.5. The quantitative estimate of drug-likeness (QED) is 0.706. The largest absolute Gasteiger partial charge is 0.497 e. The maximum atomic E-state index is 8.91. The van der Waals surface area contributed by atoms with Crippen LogP contribution >= 0.6 is 0 Å². The highest BCUT2D eigenvalue weighted by molar-refractivity contribution is 5.79. The van der Waals surface area contributed by atoms with E-state index in [4.69, 9.17) is 14.4 Å². The van der Waals surface area contributed by atoms with E-state index in [9.17, 15) is 0 Å². The van der Waals surface area contributed by atoms with E-state index in [1.54, 1.807) is 13.2 Å². The van der Waals surface area contributed by atoms with Crippen LogP contribution in [-0.4, -0.2) is 7.11 Å². The molecule has 0 atom stereocenters. The standard InChI is InChI=1S/C19H15NO2/c1-21-17-8-5-14(6-9-17)3-2-4-18-12-16-11-15(13-20)7-10-19(16)22-18/h2-3,5-12H,4H2,1H3. The molecule has 0 aliphatic rings. The Balaban J connectivity index is 1.72. The zero-order chi connectivity index (χ0) is 15.4. The first-order valence-electron chi connectivity index (χ1n) is 7.01. The molecule has 108 valence electrons. The van der Waals surface area contributed by atoms with Gasteiger partial charge in [0.05, 0.1) is 18.7 Å². The lowest BCUT2D eigenvalue weighted by molar-refractivity contribution is 0.415. The topological polar surface area (TPSA) is 46.2 Å². The van der Waals surface area contributed by atoms with Crippen molar-refractivity contribution in [1.82, 2.24) is 0 Å². The molecule has 0 fully saturated rings. The van der Waals surface area contributed by atoms with Gasteiger partial charge in [-0.05, 0) is 42.0 Å². The number of allylic oxidation sites excluding steroid dienone is 1. The van der Waals surface area contributed by atoms with Gasteiger partial charge < -0.3 is 9.15 Å². The van der Waals surface area contributed by atoms with Crippen molar-refractivity contribution in [1.29, 1.82) is 5.26 Å². The number of hydrogen-bond acceptors (Lipinski definition) is 3. The zero-order valence-electron chi connectivity index (χ0n) is 12.2. The van der Waals surface area contributed by atoms with Gasteiger partial charge in [-0.3, -0.25) is 0 Å². The second kappa shape index (κ2) is 6.19. The number of nitrogens with zero attached hydrogens (tertiary/aromatic N) is 1. The fraction of sp³-hybridized carbons (Fsp3) is 0.105. The number of ether oxygens (including phenoxy) is 1. The minimum absolute atomic E-state index is 0.647. The van der Waals surface area contributed by atoms with Crippen molar-refractivity contribution in [2.45, 2.75) is 6.42 Å². The Hall–Kier alpha value is -2.99. The summed E-state index contributed by atoms with van der Waals surface area (Å²) in [5.74, 6) is 1.73. The van der Waals surface area contributed by atoms with Crippen molar-refractivity contribution < 1.29 is 9.15 Å². The molecule has 0 amide bonds. The van der Waals surface area contributed by atoms with Crippen molar-refractivity contribution >= 4 is 17.0 Å². The Kier molecular flexibility index (Phi) is 3.93. The van der Waals surface area contributed by atoms with E-state index in [1.165, 1.54) is 0 Å². The summed E-state index contributed by atoms with van der Waals surface area (Å²) < 4.78 is 10.9. The maximum Gasteiger partial charge on any atom is 0.134 e. The molecule has 0 aliphatic heterocycles. The molecule has 0 bridgehead atoms. The summed E-state index contributed by atoms with van der Waals surface area (Å²) in [6.07, 6.45) is 4.82. The summed E-state index contributed by atoms with van der Waals surface area (Å²) in [5, 5.41) is 9.87. The minimum atomic E-state index is 0.647. The van der Waals surface area contributed by atoms with Crippen LogP contribution in [0, 0.1) is 11.3 Å².